The third-order valence-electron chi connectivity index (χ3n) is 5.03. The molecular formula is C21H22N2O6. The number of amides is 2. The number of methoxy groups -OCH3 is 2. The second-order valence-corrected chi connectivity index (χ2v) is 6.91. The van der Waals surface area contributed by atoms with Gasteiger partial charge >= 0.3 is 0 Å². The van der Waals surface area contributed by atoms with E-state index in [2.05, 4.69) is 10.6 Å². The molecule has 0 aromatic heterocycles. The van der Waals surface area contributed by atoms with Crippen molar-refractivity contribution >= 4 is 17.5 Å². The quantitative estimate of drug-likeness (QED) is 0.743. The van der Waals surface area contributed by atoms with Gasteiger partial charge in [0.1, 0.15) is 11.5 Å². The van der Waals surface area contributed by atoms with E-state index in [1.54, 1.807) is 25.3 Å². The van der Waals surface area contributed by atoms with E-state index in [1.165, 1.54) is 7.11 Å². The van der Waals surface area contributed by atoms with Crippen molar-refractivity contribution in [3.8, 4) is 23.0 Å². The Morgan fingerprint density at radius 3 is 2.59 bits per heavy atom. The summed E-state index contributed by atoms with van der Waals surface area (Å²) < 4.78 is 21.1. The SMILES string of the molecule is COc1ccc(NC(=O)C2CC2C(=O)NCc2ccc3c(c2)OCO3)c(OC)c1. The van der Waals surface area contributed by atoms with E-state index in [4.69, 9.17) is 18.9 Å². The van der Waals surface area contributed by atoms with Crippen LogP contribution in [0, 0.1) is 11.8 Å². The Morgan fingerprint density at radius 2 is 1.79 bits per heavy atom. The Kier molecular flexibility index (Phi) is 5.16. The Balaban J connectivity index is 1.30. The molecule has 2 N–H and O–H groups in total. The number of benzene rings is 2. The van der Waals surface area contributed by atoms with E-state index in [1.807, 2.05) is 18.2 Å². The van der Waals surface area contributed by atoms with Gasteiger partial charge in [0.15, 0.2) is 11.5 Å². The highest BCUT2D eigenvalue weighted by Crippen LogP contribution is 2.40. The fourth-order valence-corrected chi connectivity index (χ4v) is 3.27. The summed E-state index contributed by atoms with van der Waals surface area (Å²) in [5.74, 6) is 1.50. The third-order valence-corrected chi connectivity index (χ3v) is 5.03. The molecule has 4 rings (SSSR count). The highest BCUT2D eigenvalue weighted by atomic mass is 16.7. The molecule has 0 spiro atoms. The van der Waals surface area contributed by atoms with Gasteiger partial charge in [-0.2, -0.15) is 0 Å². The van der Waals surface area contributed by atoms with E-state index < -0.39 is 0 Å². The minimum Gasteiger partial charge on any atom is -0.497 e. The van der Waals surface area contributed by atoms with Crippen molar-refractivity contribution in [2.75, 3.05) is 26.3 Å². The van der Waals surface area contributed by atoms with Crippen LogP contribution < -0.4 is 29.6 Å². The van der Waals surface area contributed by atoms with Gasteiger partial charge in [-0.1, -0.05) is 6.07 Å². The maximum atomic E-state index is 12.5. The summed E-state index contributed by atoms with van der Waals surface area (Å²) in [5, 5.41) is 5.71. The predicted molar refractivity (Wildman–Crippen MR) is 104 cm³/mol. The van der Waals surface area contributed by atoms with Crippen LogP contribution in [-0.4, -0.2) is 32.8 Å². The number of carbonyl (C=O) groups is 2. The molecular weight excluding hydrogens is 376 g/mol. The van der Waals surface area contributed by atoms with Gasteiger partial charge < -0.3 is 29.6 Å². The van der Waals surface area contributed by atoms with Gasteiger partial charge in [-0.25, -0.2) is 0 Å². The lowest BCUT2D eigenvalue weighted by Crippen LogP contribution is -2.27. The molecule has 1 saturated carbocycles. The van der Waals surface area contributed by atoms with Crippen LogP contribution in [0.2, 0.25) is 0 Å². The molecule has 1 aliphatic carbocycles. The normalized spacial score (nSPS) is 18.7. The number of hydrogen-bond donors (Lipinski definition) is 2. The monoisotopic (exact) mass is 398 g/mol. The number of hydrogen-bond acceptors (Lipinski definition) is 6. The van der Waals surface area contributed by atoms with E-state index in [0.717, 1.165) is 5.56 Å². The fourth-order valence-electron chi connectivity index (χ4n) is 3.27. The number of rotatable bonds is 7. The number of anilines is 1. The molecule has 8 nitrogen and oxygen atoms in total. The maximum Gasteiger partial charge on any atom is 0.231 e. The number of nitrogens with one attached hydrogen (secondary N) is 2. The second kappa shape index (κ2) is 7.90. The zero-order chi connectivity index (χ0) is 20.4. The fraction of sp³-hybridized carbons (Fsp3) is 0.333. The Bertz CT molecular complexity index is 945. The first-order valence-electron chi connectivity index (χ1n) is 9.28. The summed E-state index contributed by atoms with van der Waals surface area (Å²) in [6, 6.07) is 10.7. The molecule has 0 radical (unpaired) electrons. The molecule has 8 heteroatoms. The van der Waals surface area contributed by atoms with Crippen molar-refractivity contribution in [2.24, 2.45) is 11.8 Å². The van der Waals surface area contributed by atoms with E-state index in [0.29, 0.717) is 41.7 Å². The van der Waals surface area contributed by atoms with Crippen molar-refractivity contribution < 1.29 is 28.5 Å². The Labute approximate surface area is 168 Å². The summed E-state index contributed by atoms with van der Waals surface area (Å²) >= 11 is 0. The molecule has 2 amide bonds. The third kappa shape index (κ3) is 4.06. The van der Waals surface area contributed by atoms with E-state index >= 15 is 0 Å². The van der Waals surface area contributed by atoms with Crippen LogP contribution >= 0.6 is 0 Å². The molecule has 29 heavy (non-hydrogen) atoms. The average molecular weight is 398 g/mol. The smallest absolute Gasteiger partial charge is 0.231 e. The summed E-state index contributed by atoms with van der Waals surface area (Å²) in [4.78, 5) is 24.9. The molecule has 1 aliphatic heterocycles. The number of fused-ring (bicyclic) bond motifs is 1. The molecule has 152 valence electrons. The molecule has 2 unspecified atom stereocenters. The summed E-state index contributed by atoms with van der Waals surface area (Å²) in [5.41, 5.74) is 1.46. The first kappa shape index (κ1) is 18.9. The highest BCUT2D eigenvalue weighted by molar-refractivity contribution is 6.00. The zero-order valence-corrected chi connectivity index (χ0v) is 16.2. The lowest BCUT2D eigenvalue weighted by atomic mass is 10.2. The van der Waals surface area contributed by atoms with Gasteiger partial charge in [-0.15, -0.1) is 0 Å². The lowest BCUT2D eigenvalue weighted by molar-refractivity contribution is -0.125. The molecule has 2 atom stereocenters. The Morgan fingerprint density at radius 1 is 1.00 bits per heavy atom. The van der Waals surface area contributed by atoms with E-state index in [9.17, 15) is 9.59 Å². The van der Waals surface area contributed by atoms with Crippen LogP contribution in [0.4, 0.5) is 5.69 Å². The summed E-state index contributed by atoms with van der Waals surface area (Å²) in [6.45, 7) is 0.579. The van der Waals surface area contributed by atoms with Crippen LogP contribution in [0.3, 0.4) is 0 Å². The van der Waals surface area contributed by atoms with E-state index in [-0.39, 0.29) is 30.4 Å². The number of ether oxygens (including phenoxy) is 4. The first-order valence-corrected chi connectivity index (χ1v) is 9.28. The van der Waals surface area contributed by atoms with Crippen molar-refractivity contribution in [2.45, 2.75) is 13.0 Å². The lowest BCUT2D eigenvalue weighted by Gasteiger charge is -2.11. The van der Waals surface area contributed by atoms with Crippen LogP contribution in [-0.2, 0) is 16.1 Å². The first-order chi connectivity index (χ1) is 14.1. The van der Waals surface area contributed by atoms with Crippen LogP contribution in [0.1, 0.15) is 12.0 Å². The summed E-state index contributed by atoms with van der Waals surface area (Å²) in [6.07, 6.45) is 0.525. The second-order valence-electron chi connectivity index (χ2n) is 6.91. The maximum absolute atomic E-state index is 12.5. The van der Waals surface area contributed by atoms with Gasteiger partial charge in [-0.05, 0) is 36.2 Å². The molecule has 0 bridgehead atoms. The van der Waals surface area contributed by atoms with Crippen LogP contribution in [0.15, 0.2) is 36.4 Å². The molecule has 2 aromatic rings. The van der Waals surface area contributed by atoms with Crippen molar-refractivity contribution in [1.29, 1.82) is 0 Å². The molecule has 2 aliphatic rings. The zero-order valence-electron chi connectivity index (χ0n) is 16.2. The Hall–Kier alpha value is -3.42. The molecule has 2 aromatic carbocycles. The van der Waals surface area contributed by atoms with Crippen molar-refractivity contribution in [1.82, 2.24) is 5.32 Å². The van der Waals surface area contributed by atoms with Crippen molar-refractivity contribution in [3.05, 3.63) is 42.0 Å². The topological polar surface area (TPSA) is 95.1 Å². The van der Waals surface area contributed by atoms with Crippen LogP contribution in [0.5, 0.6) is 23.0 Å². The minimum absolute atomic E-state index is 0.135. The largest absolute Gasteiger partial charge is 0.497 e. The van der Waals surface area contributed by atoms with Crippen molar-refractivity contribution in [3.63, 3.8) is 0 Å². The predicted octanol–water partition coefficient (Wildman–Crippen LogP) is 2.32. The number of carbonyl (C=O) groups excluding carboxylic acids is 2. The average Bonchev–Trinajstić information content (AvgIpc) is 3.42. The molecule has 1 heterocycles. The summed E-state index contributed by atoms with van der Waals surface area (Å²) in [7, 11) is 3.08. The van der Waals surface area contributed by atoms with Crippen LogP contribution in [0.25, 0.3) is 0 Å². The minimum atomic E-state index is -0.349. The van der Waals surface area contributed by atoms with Gasteiger partial charge in [-0.3, -0.25) is 9.59 Å². The highest BCUT2D eigenvalue weighted by Gasteiger charge is 2.48. The van der Waals surface area contributed by atoms with Gasteiger partial charge in [0.25, 0.3) is 0 Å². The molecule has 0 saturated heterocycles. The molecule has 1 fully saturated rings. The van der Waals surface area contributed by atoms with Gasteiger partial charge in [0.05, 0.1) is 31.7 Å². The standard InChI is InChI=1S/C21H22N2O6/c1-26-13-4-5-16(18(8-13)27-2)23-21(25)15-9-14(15)20(24)22-10-12-3-6-17-19(7-12)29-11-28-17/h3-8,14-15H,9-11H2,1-2H3,(H,22,24)(H,23,25). The van der Waals surface area contributed by atoms with Gasteiger partial charge in [0, 0.05) is 12.6 Å². The van der Waals surface area contributed by atoms with Gasteiger partial charge in [0.2, 0.25) is 18.6 Å².